The topological polar surface area (TPSA) is 66.1 Å². The molecule has 5 heteroatoms. The van der Waals surface area contributed by atoms with Crippen LogP contribution in [0.4, 0.5) is 5.82 Å². The van der Waals surface area contributed by atoms with Gasteiger partial charge in [-0.25, -0.2) is 10.4 Å². The fourth-order valence-electron chi connectivity index (χ4n) is 1.51. The molecular formula is C10H14N4O. The van der Waals surface area contributed by atoms with E-state index in [9.17, 15) is 4.79 Å². The zero-order valence-corrected chi connectivity index (χ0v) is 8.58. The van der Waals surface area contributed by atoms with E-state index < -0.39 is 0 Å². The molecule has 3 N–H and O–H groups in total. The van der Waals surface area contributed by atoms with Crippen molar-refractivity contribution in [3.63, 3.8) is 0 Å². The number of pyridine rings is 1. The summed E-state index contributed by atoms with van der Waals surface area (Å²) in [5.74, 6) is 0.562. The highest BCUT2D eigenvalue weighted by molar-refractivity contribution is 5.94. The number of hydrazine groups is 1. The summed E-state index contributed by atoms with van der Waals surface area (Å²) < 4.78 is 0. The van der Waals surface area contributed by atoms with Gasteiger partial charge in [-0.2, -0.15) is 0 Å². The number of anilines is 1. The Labute approximate surface area is 88.3 Å². The Kier molecular flexibility index (Phi) is 2.94. The minimum absolute atomic E-state index is 0.0434. The Morgan fingerprint density at radius 2 is 2.47 bits per heavy atom. The number of amides is 1. The number of rotatable bonds is 2. The zero-order valence-electron chi connectivity index (χ0n) is 8.58. The predicted octanol–water partition coefficient (Wildman–Crippen LogP) is 0.195. The Balaban J connectivity index is 1.99. The molecule has 1 aromatic rings. The maximum atomic E-state index is 11.7. The van der Waals surface area contributed by atoms with Gasteiger partial charge >= 0.3 is 0 Å². The second-order valence-corrected chi connectivity index (χ2v) is 3.57. The number of aromatic nitrogens is 1. The quantitative estimate of drug-likeness (QED) is 0.646. The van der Waals surface area contributed by atoms with Gasteiger partial charge in [0.05, 0.1) is 0 Å². The van der Waals surface area contributed by atoms with Crippen LogP contribution in [0.5, 0.6) is 0 Å². The van der Waals surface area contributed by atoms with Crippen molar-refractivity contribution in [1.29, 1.82) is 0 Å². The molecule has 1 atom stereocenters. The summed E-state index contributed by atoms with van der Waals surface area (Å²) in [4.78, 5) is 15.9. The van der Waals surface area contributed by atoms with Gasteiger partial charge in [-0.15, -0.1) is 0 Å². The van der Waals surface area contributed by atoms with Crippen LogP contribution in [0.2, 0.25) is 0 Å². The van der Waals surface area contributed by atoms with Gasteiger partial charge in [0.2, 0.25) is 5.91 Å². The Bertz CT molecular complexity index is 360. The molecule has 1 fully saturated rings. The number of carbonyl (C=O) groups is 1. The van der Waals surface area contributed by atoms with E-state index in [1.165, 1.54) is 0 Å². The van der Waals surface area contributed by atoms with Crippen LogP contribution >= 0.6 is 0 Å². The van der Waals surface area contributed by atoms with Gasteiger partial charge in [0.1, 0.15) is 11.9 Å². The molecule has 0 radical (unpaired) electrons. The average molecular weight is 206 g/mol. The van der Waals surface area contributed by atoms with Crippen molar-refractivity contribution in [2.75, 3.05) is 11.9 Å². The van der Waals surface area contributed by atoms with Gasteiger partial charge in [0.15, 0.2) is 0 Å². The van der Waals surface area contributed by atoms with Gasteiger partial charge in [-0.05, 0) is 25.5 Å². The molecule has 5 nitrogen and oxygen atoms in total. The standard InChI is InChI=1S/C10H14N4O/c1-7-3-2-4-9(12-7)13-10(15)8-5-6-11-14-8/h2-4,8,11,14H,5-6H2,1H3,(H,12,13,15). The molecule has 1 amide bonds. The van der Waals surface area contributed by atoms with Crippen molar-refractivity contribution < 1.29 is 4.79 Å². The lowest BCUT2D eigenvalue weighted by Gasteiger charge is -2.09. The van der Waals surface area contributed by atoms with E-state index in [1.807, 2.05) is 19.1 Å². The van der Waals surface area contributed by atoms with Crippen LogP contribution in [-0.4, -0.2) is 23.5 Å². The number of hydrogen-bond acceptors (Lipinski definition) is 4. The van der Waals surface area contributed by atoms with E-state index in [2.05, 4.69) is 21.2 Å². The molecule has 1 aliphatic rings. The lowest BCUT2D eigenvalue weighted by molar-refractivity contribution is -0.117. The number of nitrogens with one attached hydrogen (secondary N) is 3. The van der Waals surface area contributed by atoms with E-state index in [0.717, 1.165) is 18.7 Å². The second kappa shape index (κ2) is 4.37. The monoisotopic (exact) mass is 206 g/mol. The fraction of sp³-hybridized carbons (Fsp3) is 0.400. The van der Waals surface area contributed by atoms with Crippen molar-refractivity contribution in [3.8, 4) is 0 Å². The molecule has 0 spiro atoms. The van der Waals surface area contributed by atoms with Gasteiger partial charge in [0.25, 0.3) is 0 Å². The molecule has 80 valence electrons. The normalized spacial score (nSPS) is 20.2. The smallest absolute Gasteiger partial charge is 0.244 e. The fourth-order valence-corrected chi connectivity index (χ4v) is 1.51. The van der Waals surface area contributed by atoms with Crippen LogP contribution in [0, 0.1) is 6.92 Å². The summed E-state index contributed by atoms with van der Waals surface area (Å²) in [6, 6.07) is 5.39. The molecule has 2 rings (SSSR count). The third-order valence-corrected chi connectivity index (χ3v) is 2.29. The summed E-state index contributed by atoms with van der Waals surface area (Å²) in [6.07, 6.45) is 0.803. The average Bonchev–Trinajstić information content (AvgIpc) is 2.70. The molecule has 1 aromatic heterocycles. The van der Waals surface area contributed by atoms with Gasteiger partial charge in [0, 0.05) is 12.2 Å². The number of hydrogen-bond donors (Lipinski definition) is 3. The van der Waals surface area contributed by atoms with E-state index in [4.69, 9.17) is 0 Å². The third kappa shape index (κ3) is 2.51. The molecule has 0 aromatic carbocycles. The Hall–Kier alpha value is -1.46. The van der Waals surface area contributed by atoms with E-state index in [0.29, 0.717) is 5.82 Å². The summed E-state index contributed by atoms with van der Waals surface area (Å²) in [6.45, 7) is 2.71. The van der Waals surface area contributed by atoms with Crippen LogP contribution < -0.4 is 16.2 Å². The number of nitrogens with zero attached hydrogens (tertiary/aromatic N) is 1. The van der Waals surface area contributed by atoms with E-state index >= 15 is 0 Å². The van der Waals surface area contributed by atoms with E-state index in [-0.39, 0.29) is 11.9 Å². The van der Waals surface area contributed by atoms with Crippen molar-refractivity contribution in [1.82, 2.24) is 15.8 Å². The zero-order chi connectivity index (χ0) is 10.7. The Morgan fingerprint density at radius 3 is 3.13 bits per heavy atom. The van der Waals surface area contributed by atoms with Crippen molar-refractivity contribution in [2.45, 2.75) is 19.4 Å². The first-order valence-electron chi connectivity index (χ1n) is 4.98. The maximum absolute atomic E-state index is 11.7. The lowest BCUT2D eigenvalue weighted by Crippen LogP contribution is -2.39. The summed E-state index contributed by atoms with van der Waals surface area (Å²) in [7, 11) is 0. The van der Waals surface area contributed by atoms with Gasteiger partial charge in [-0.1, -0.05) is 6.07 Å². The number of carbonyl (C=O) groups excluding carboxylic acids is 1. The molecule has 1 unspecified atom stereocenters. The van der Waals surface area contributed by atoms with Crippen LogP contribution in [0.25, 0.3) is 0 Å². The highest BCUT2D eigenvalue weighted by Gasteiger charge is 2.21. The van der Waals surface area contributed by atoms with Crippen molar-refractivity contribution in [3.05, 3.63) is 23.9 Å². The highest BCUT2D eigenvalue weighted by Crippen LogP contribution is 2.06. The minimum atomic E-state index is -0.160. The predicted molar refractivity (Wildman–Crippen MR) is 57.1 cm³/mol. The second-order valence-electron chi connectivity index (χ2n) is 3.57. The molecule has 1 aliphatic heterocycles. The molecular weight excluding hydrogens is 192 g/mol. The minimum Gasteiger partial charge on any atom is -0.309 e. The third-order valence-electron chi connectivity index (χ3n) is 2.29. The van der Waals surface area contributed by atoms with Gasteiger partial charge < -0.3 is 5.32 Å². The van der Waals surface area contributed by atoms with Crippen LogP contribution in [-0.2, 0) is 4.79 Å². The first-order chi connectivity index (χ1) is 7.25. The molecule has 1 saturated heterocycles. The van der Waals surface area contributed by atoms with E-state index in [1.54, 1.807) is 6.07 Å². The maximum Gasteiger partial charge on any atom is 0.244 e. The first-order valence-corrected chi connectivity index (χ1v) is 4.98. The molecule has 15 heavy (non-hydrogen) atoms. The highest BCUT2D eigenvalue weighted by atomic mass is 16.2. The summed E-state index contributed by atoms with van der Waals surface area (Å²) in [5.41, 5.74) is 6.71. The van der Waals surface area contributed by atoms with Crippen molar-refractivity contribution >= 4 is 11.7 Å². The molecule has 0 saturated carbocycles. The number of aryl methyl sites for hydroxylation is 1. The molecule has 0 aliphatic carbocycles. The molecule has 0 bridgehead atoms. The van der Waals surface area contributed by atoms with Gasteiger partial charge in [-0.3, -0.25) is 10.2 Å². The first kappa shape index (κ1) is 10.1. The lowest BCUT2D eigenvalue weighted by atomic mass is 10.2. The largest absolute Gasteiger partial charge is 0.309 e. The Morgan fingerprint density at radius 1 is 1.60 bits per heavy atom. The van der Waals surface area contributed by atoms with Crippen molar-refractivity contribution in [2.24, 2.45) is 0 Å². The summed E-state index contributed by atoms with van der Waals surface area (Å²) in [5, 5.41) is 2.77. The molecule has 2 heterocycles. The van der Waals surface area contributed by atoms with Crippen LogP contribution in [0.15, 0.2) is 18.2 Å². The van der Waals surface area contributed by atoms with Crippen LogP contribution in [0.1, 0.15) is 12.1 Å². The summed E-state index contributed by atoms with van der Waals surface area (Å²) >= 11 is 0. The van der Waals surface area contributed by atoms with Crippen LogP contribution in [0.3, 0.4) is 0 Å². The SMILES string of the molecule is Cc1cccc(NC(=O)C2CCNN2)n1.